The molecule has 1 fully saturated rings. The van der Waals surface area contributed by atoms with Crippen molar-refractivity contribution < 1.29 is 27.4 Å². The number of aromatic nitrogens is 5. The van der Waals surface area contributed by atoms with Crippen molar-refractivity contribution in [2.45, 2.75) is 24.6 Å². The minimum Gasteiger partial charge on any atom is -0.480 e. The fourth-order valence-electron chi connectivity index (χ4n) is 3.95. The van der Waals surface area contributed by atoms with Gasteiger partial charge in [0.15, 0.2) is 5.65 Å². The molecule has 5 rings (SSSR count). The van der Waals surface area contributed by atoms with Crippen LogP contribution in [0.1, 0.15) is 29.4 Å². The van der Waals surface area contributed by atoms with E-state index in [2.05, 4.69) is 24.8 Å². The predicted octanol–water partition coefficient (Wildman–Crippen LogP) is 4.37. The Morgan fingerprint density at radius 3 is 2.52 bits per heavy atom. The van der Waals surface area contributed by atoms with Crippen molar-refractivity contribution in [3.8, 4) is 28.9 Å². The van der Waals surface area contributed by atoms with Gasteiger partial charge in [0.2, 0.25) is 5.88 Å². The van der Waals surface area contributed by atoms with Crippen LogP contribution in [0.25, 0.3) is 16.9 Å². The summed E-state index contributed by atoms with van der Waals surface area (Å²) in [6.07, 6.45) is 1.12. The first kappa shape index (κ1) is 21.0. The van der Waals surface area contributed by atoms with E-state index < -0.39 is 6.36 Å². The topological polar surface area (TPSA) is 83.7 Å². The molecule has 170 valence electrons. The monoisotopic (exact) mass is 457 g/mol. The van der Waals surface area contributed by atoms with Crippen LogP contribution in [0.3, 0.4) is 0 Å². The number of imidazole rings is 1. The highest BCUT2D eigenvalue weighted by atomic mass is 19.4. The van der Waals surface area contributed by atoms with Gasteiger partial charge in [0.25, 0.3) is 0 Å². The number of alkyl halides is 3. The van der Waals surface area contributed by atoms with Crippen molar-refractivity contribution in [1.29, 1.82) is 0 Å². The normalized spacial score (nSPS) is 17.7. The molecule has 0 bridgehead atoms. The number of halogens is 3. The van der Waals surface area contributed by atoms with Crippen LogP contribution in [0.4, 0.5) is 13.2 Å². The van der Waals surface area contributed by atoms with Crippen LogP contribution in [0.15, 0.2) is 48.9 Å². The van der Waals surface area contributed by atoms with Gasteiger partial charge in [-0.05, 0) is 42.0 Å². The molecule has 1 aliphatic carbocycles. The van der Waals surface area contributed by atoms with Gasteiger partial charge in [0.1, 0.15) is 5.75 Å². The highest BCUT2D eigenvalue weighted by molar-refractivity contribution is 5.68. The van der Waals surface area contributed by atoms with Crippen LogP contribution in [-0.4, -0.2) is 45.1 Å². The van der Waals surface area contributed by atoms with E-state index in [-0.39, 0.29) is 23.6 Å². The van der Waals surface area contributed by atoms with Gasteiger partial charge in [-0.1, -0.05) is 12.1 Å². The van der Waals surface area contributed by atoms with Crippen LogP contribution < -0.4 is 14.2 Å². The van der Waals surface area contributed by atoms with Gasteiger partial charge in [-0.2, -0.15) is 10.1 Å². The molecule has 11 heteroatoms. The molecule has 8 nitrogen and oxygen atoms in total. The Hall–Kier alpha value is -3.89. The summed E-state index contributed by atoms with van der Waals surface area (Å²) in [4.78, 5) is 12.8. The van der Waals surface area contributed by atoms with Crippen LogP contribution in [0.2, 0.25) is 0 Å². The van der Waals surface area contributed by atoms with Gasteiger partial charge >= 0.3 is 12.4 Å². The maximum Gasteiger partial charge on any atom is 0.573 e. The number of fused-ring (bicyclic) bond motifs is 1. The number of hydrogen-bond acceptors (Lipinski definition) is 7. The number of benzene rings is 1. The second kappa shape index (κ2) is 7.91. The molecule has 4 aromatic rings. The zero-order chi connectivity index (χ0) is 23.2. The number of ether oxygens (including phenoxy) is 3. The molecule has 1 saturated carbocycles. The molecule has 1 aromatic carbocycles. The van der Waals surface area contributed by atoms with Gasteiger partial charge < -0.3 is 14.2 Å². The molecule has 2 atom stereocenters. The van der Waals surface area contributed by atoms with E-state index in [0.29, 0.717) is 17.1 Å². The lowest BCUT2D eigenvalue weighted by molar-refractivity contribution is -0.274. The first-order valence-electron chi connectivity index (χ1n) is 10.0. The number of rotatable bonds is 6. The van der Waals surface area contributed by atoms with E-state index in [1.807, 2.05) is 6.07 Å². The molecule has 0 N–H and O–H groups in total. The quantitative estimate of drug-likeness (QED) is 0.425. The Kier molecular flexibility index (Phi) is 5.03. The second-order valence-electron chi connectivity index (χ2n) is 7.53. The predicted molar refractivity (Wildman–Crippen MR) is 110 cm³/mol. The van der Waals surface area contributed by atoms with Crippen LogP contribution in [0, 0.1) is 0 Å². The molecule has 1 aliphatic rings. The van der Waals surface area contributed by atoms with E-state index in [9.17, 15) is 13.2 Å². The van der Waals surface area contributed by atoms with E-state index in [1.54, 1.807) is 35.2 Å². The Bertz CT molecular complexity index is 1310. The molecule has 0 spiro atoms. The maximum absolute atomic E-state index is 12.4. The average molecular weight is 457 g/mol. The van der Waals surface area contributed by atoms with Crippen LogP contribution in [0.5, 0.6) is 17.6 Å². The minimum absolute atomic E-state index is 0.135. The molecular weight excluding hydrogens is 439 g/mol. The Morgan fingerprint density at radius 1 is 1.03 bits per heavy atom. The van der Waals surface area contributed by atoms with Gasteiger partial charge in [-0.15, -0.1) is 13.2 Å². The third-order valence-corrected chi connectivity index (χ3v) is 5.50. The highest BCUT2D eigenvalue weighted by Gasteiger charge is 2.41. The lowest BCUT2D eigenvalue weighted by atomic mass is 10.0. The van der Waals surface area contributed by atoms with Crippen LogP contribution in [-0.2, 0) is 0 Å². The van der Waals surface area contributed by atoms with Crippen molar-refractivity contribution in [3.05, 3.63) is 60.0 Å². The van der Waals surface area contributed by atoms with Crippen molar-refractivity contribution in [3.63, 3.8) is 0 Å². The average Bonchev–Trinajstić information content (AvgIpc) is 3.45. The first-order valence-corrected chi connectivity index (χ1v) is 10.0. The SMILES string of the molecule is COc1ncc(-c2cc([C@H]3C[C@@H]3c3ccc(OC(F)(F)F)cc3)c3nccn3n2)c(OC)n1. The fourth-order valence-corrected chi connectivity index (χ4v) is 3.95. The fraction of sp³-hybridized carbons (Fsp3) is 0.273. The summed E-state index contributed by atoms with van der Waals surface area (Å²) >= 11 is 0. The zero-order valence-corrected chi connectivity index (χ0v) is 17.6. The number of nitrogens with zero attached hydrogens (tertiary/aromatic N) is 5. The summed E-state index contributed by atoms with van der Waals surface area (Å²) in [5, 5.41) is 4.61. The molecule has 0 saturated heterocycles. The molecule has 0 aliphatic heterocycles. The van der Waals surface area contributed by atoms with Crippen molar-refractivity contribution >= 4 is 5.65 Å². The Labute approximate surface area is 186 Å². The Morgan fingerprint density at radius 2 is 1.82 bits per heavy atom. The molecule has 0 unspecified atom stereocenters. The summed E-state index contributed by atoms with van der Waals surface area (Å²) in [7, 11) is 2.97. The van der Waals surface area contributed by atoms with Gasteiger partial charge in [0.05, 0.1) is 25.5 Å². The van der Waals surface area contributed by atoms with Gasteiger partial charge in [-0.25, -0.2) is 14.5 Å². The van der Waals surface area contributed by atoms with E-state index in [1.165, 1.54) is 26.4 Å². The smallest absolute Gasteiger partial charge is 0.480 e. The van der Waals surface area contributed by atoms with E-state index in [4.69, 9.17) is 9.47 Å². The van der Waals surface area contributed by atoms with Crippen LogP contribution >= 0.6 is 0 Å². The summed E-state index contributed by atoms with van der Waals surface area (Å²) in [6.45, 7) is 0. The molecular formula is C22H18F3N5O3. The molecule has 33 heavy (non-hydrogen) atoms. The maximum atomic E-state index is 12.4. The van der Waals surface area contributed by atoms with Crippen molar-refractivity contribution in [2.75, 3.05) is 14.2 Å². The lowest BCUT2D eigenvalue weighted by Gasteiger charge is -2.11. The third kappa shape index (κ3) is 4.13. The van der Waals surface area contributed by atoms with E-state index >= 15 is 0 Å². The minimum atomic E-state index is -4.71. The summed E-state index contributed by atoms with van der Waals surface area (Å²) < 4.78 is 53.4. The molecule has 3 heterocycles. The molecule has 0 radical (unpaired) electrons. The second-order valence-corrected chi connectivity index (χ2v) is 7.53. The lowest BCUT2D eigenvalue weighted by Crippen LogP contribution is -2.16. The standard InChI is InChI=1S/C22H18F3N5O3/c1-31-20-17(11-27-21(28-20)32-2)18-10-16(19-26-7-8-30(19)29-18)15-9-14(15)12-3-5-13(6-4-12)33-22(23,24)25/h3-8,10-11,14-15H,9H2,1-2H3/t14-,15+/m1/s1. The summed E-state index contributed by atoms with van der Waals surface area (Å²) in [5.41, 5.74) is 3.83. The number of methoxy groups -OCH3 is 2. The van der Waals surface area contributed by atoms with Crippen molar-refractivity contribution in [1.82, 2.24) is 24.6 Å². The van der Waals surface area contributed by atoms with Gasteiger partial charge in [-0.3, -0.25) is 0 Å². The van der Waals surface area contributed by atoms with Gasteiger partial charge in [0, 0.05) is 24.2 Å². The number of hydrogen-bond donors (Lipinski definition) is 0. The Balaban J connectivity index is 1.47. The van der Waals surface area contributed by atoms with E-state index in [0.717, 1.165) is 23.2 Å². The first-order chi connectivity index (χ1) is 15.9. The highest BCUT2D eigenvalue weighted by Crippen LogP contribution is 2.56. The largest absolute Gasteiger partial charge is 0.573 e. The van der Waals surface area contributed by atoms with Crippen molar-refractivity contribution in [2.24, 2.45) is 0 Å². The summed E-state index contributed by atoms with van der Waals surface area (Å²) in [5.74, 6) is 0.371. The third-order valence-electron chi connectivity index (χ3n) is 5.50. The molecule has 3 aromatic heterocycles. The summed E-state index contributed by atoms with van der Waals surface area (Å²) in [6, 6.07) is 8.11. The zero-order valence-electron chi connectivity index (χ0n) is 17.6. The molecule has 0 amide bonds.